The summed E-state index contributed by atoms with van der Waals surface area (Å²) in [5.74, 6) is 1.41. The first-order chi connectivity index (χ1) is 14.6. The van der Waals surface area contributed by atoms with E-state index in [0.29, 0.717) is 6.04 Å². The number of methoxy groups -OCH3 is 1. The fraction of sp³-hybridized carbons (Fsp3) is 0.417. The first-order valence-corrected chi connectivity index (χ1v) is 10.7. The molecule has 1 unspecified atom stereocenters. The van der Waals surface area contributed by atoms with E-state index in [1.807, 2.05) is 19.1 Å². The van der Waals surface area contributed by atoms with Crippen molar-refractivity contribution in [1.29, 1.82) is 0 Å². The van der Waals surface area contributed by atoms with Gasteiger partial charge in [-0.15, -0.1) is 0 Å². The van der Waals surface area contributed by atoms with E-state index in [4.69, 9.17) is 9.72 Å². The number of anilines is 1. The molecule has 30 heavy (non-hydrogen) atoms. The number of rotatable bonds is 6. The zero-order valence-corrected chi connectivity index (χ0v) is 17.7. The van der Waals surface area contributed by atoms with Gasteiger partial charge in [0.1, 0.15) is 11.6 Å². The maximum Gasteiger partial charge on any atom is 0.226 e. The van der Waals surface area contributed by atoms with E-state index in [2.05, 4.69) is 27.3 Å². The van der Waals surface area contributed by atoms with Gasteiger partial charge in [-0.25, -0.2) is 14.4 Å². The molecular weight excluding hydrogens is 379 g/mol. The smallest absolute Gasteiger partial charge is 0.226 e. The van der Waals surface area contributed by atoms with Gasteiger partial charge in [0.15, 0.2) is 0 Å². The minimum Gasteiger partial charge on any atom is -0.497 e. The summed E-state index contributed by atoms with van der Waals surface area (Å²) in [7, 11) is 1.70. The number of fused-ring (bicyclic) bond motifs is 1. The van der Waals surface area contributed by atoms with Crippen LogP contribution in [0.15, 0.2) is 42.5 Å². The van der Waals surface area contributed by atoms with Crippen molar-refractivity contribution in [3.8, 4) is 5.75 Å². The van der Waals surface area contributed by atoms with E-state index >= 15 is 0 Å². The highest BCUT2D eigenvalue weighted by Gasteiger charge is 2.19. The number of nitrogens with one attached hydrogen (secondary N) is 1. The summed E-state index contributed by atoms with van der Waals surface area (Å²) in [6, 6.07) is 13.5. The highest BCUT2D eigenvalue weighted by atomic mass is 19.1. The Morgan fingerprint density at radius 3 is 2.90 bits per heavy atom. The van der Waals surface area contributed by atoms with Crippen LogP contribution in [0.1, 0.15) is 30.5 Å². The van der Waals surface area contributed by atoms with Crippen LogP contribution in [-0.2, 0) is 6.42 Å². The molecule has 1 fully saturated rings. The third kappa shape index (κ3) is 4.87. The predicted octanol–water partition coefficient (Wildman–Crippen LogP) is 4.28. The topological polar surface area (TPSA) is 50.3 Å². The molecule has 0 spiro atoms. The Hall–Kier alpha value is -2.73. The van der Waals surface area contributed by atoms with Gasteiger partial charge in [0, 0.05) is 24.5 Å². The van der Waals surface area contributed by atoms with Crippen molar-refractivity contribution in [3.05, 3.63) is 59.5 Å². The predicted molar refractivity (Wildman–Crippen MR) is 119 cm³/mol. The van der Waals surface area contributed by atoms with Gasteiger partial charge in [-0.2, -0.15) is 0 Å². The normalized spacial score (nSPS) is 17.2. The van der Waals surface area contributed by atoms with Crippen molar-refractivity contribution in [2.75, 3.05) is 31.6 Å². The quantitative estimate of drug-likeness (QED) is 0.660. The molecule has 0 aliphatic carbocycles. The van der Waals surface area contributed by atoms with Crippen molar-refractivity contribution in [2.24, 2.45) is 0 Å². The molecular formula is C24H29FN4O. The molecule has 2 heterocycles. The number of nitrogens with zero attached hydrogens (tertiary/aromatic N) is 3. The highest BCUT2D eigenvalue weighted by Crippen LogP contribution is 2.22. The van der Waals surface area contributed by atoms with Crippen LogP contribution in [0, 0.1) is 12.7 Å². The van der Waals surface area contributed by atoms with E-state index in [1.165, 1.54) is 17.7 Å². The average molecular weight is 409 g/mol. The standard InChI is InChI=1S/C24H29FN4O/c1-17-22-16-19(25)8-9-23(22)28-24(27-17)29-13-4-6-20(11-14-29)26-12-10-18-5-3-7-21(15-18)30-2/h3,5,7-9,15-16,20,26H,4,6,10-14H2,1-2H3. The molecule has 2 aromatic carbocycles. The number of hydrogen-bond donors (Lipinski definition) is 1. The molecule has 0 radical (unpaired) electrons. The Labute approximate surface area is 177 Å². The Bertz CT molecular complexity index is 1010. The van der Waals surface area contributed by atoms with E-state index in [-0.39, 0.29) is 5.82 Å². The lowest BCUT2D eigenvalue weighted by Crippen LogP contribution is -2.32. The fourth-order valence-electron chi connectivity index (χ4n) is 4.13. The summed E-state index contributed by atoms with van der Waals surface area (Å²) in [6.45, 7) is 4.74. The summed E-state index contributed by atoms with van der Waals surface area (Å²) in [5, 5.41) is 4.50. The monoisotopic (exact) mass is 408 g/mol. The number of hydrogen-bond acceptors (Lipinski definition) is 5. The molecule has 5 nitrogen and oxygen atoms in total. The molecule has 1 saturated heterocycles. The maximum absolute atomic E-state index is 13.5. The lowest BCUT2D eigenvalue weighted by atomic mass is 10.1. The zero-order valence-electron chi connectivity index (χ0n) is 17.7. The lowest BCUT2D eigenvalue weighted by Gasteiger charge is -2.21. The Balaban J connectivity index is 1.35. The van der Waals surface area contributed by atoms with Crippen LogP contribution in [0.25, 0.3) is 10.9 Å². The van der Waals surface area contributed by atoms with Crippen LogP contribution in [0.5, 0.6) is 5.75 Å². The summed E-state index contributed by atoms with van der Waals surface area (Å²) in [6.07, 6.45) is 4.29. The number of ether oxygens (including phenoxy) is 1. The second-order valence-electron chi connectivity index (χ2n) is 7.94. The fourth-order valence-corrected chi connectivity index (χ4v) is 4.13. The molecule has 0 bridgehead atoms. The highest BCUT2D eigenvalue weighted by molar-refractivity contribution is 5.81. The van der Waals surface area contributed by atoms with Crippen LogP contribution in [0.3, 0.4) is 0 Å². The molecule has 1 aliphatic rings. The van der Waals surface area contributed by atoms with Crippen molar-refractivity contribution >= 4 is 16.9 Å². The van der Waals surface area contributed by atoms with E-state index in [1.54, 1.807) is 13.2 Å². The Kier molecular flexibility index (Phi) is 6.43. The van der Waals surface area contributed by atoms with Crippen LogP contribution >= 0.6 is 0 Å². The van der Waals surface area contributed by atoms with Gasteiger partial charge in [-0.05, 0) is 75.0 Å². The maximum atomic E-state index is 13.5. The van der Waals surface area contributed by atoms with Crippen LogP contribution in [-0.4, -0.2) is 42.8 Å². The third-order valence-electron chi connectivity index (χ3n) is 5.83. The molecule has 158 valence electrons. The molecule has 0 amide bonds. The molecule has 1 aromatic heterocycles. The summed E-state index contributed by atoms with van der Waals surface area (Å²) in [5.41, 5.74) is 2.91. The molecule has 0 saturated carbocycles. The van der Waals surface area contributed by atoms with Crippen LogP contribution in [0.2, 0.25) is 0 Å². The Morgan fingerprint density at radius 2 is 2.03 bits per heavy atom. The van der Waals surface area contributed by atoms with Gasteiger partial charge in [0.25, 0.3) is 0 Å². The molecule has 1 atom stereocenters. The SMILES string of the molecule is COc1cccc(CCNC2CCCN(c3nc(C)c4cc(F)ccc4n3)CC2)c1. The first kappa shape index (κ1) is 20.5. The second-order valence-corrected chi connectivity index (χ2v) is 7.94. The first-order valence-electron chi connectivity index (χ1n) is 10.7. The van der Waals surface area contributed by atoms with Crippen LogP contribution < -0.4 is 15.0 Å². The van der Waals surface area contributed by atoms with E-state index in [9.17, 15) is 4.39 Å². The molecule has 6 heteroatoms. The van der Waals surface area contributed by atoms with Crippen molar-refractivity contribution in [3.63, 3.8) is 0 Å². The zero-order chi connectivity index (χ0) is 20.9. The average Bonchev–Trinajstić information content (AvgIpc) is 3.00. The van der Waals surface area contributed by atoms with E-state index in [0.717, 1.165) is 73.6 Å². The largest absolute Gasteiger partial charge is 0.497 e. The molecule has 1 N–H and O–H groups in total. The number of aryl methyl sites for hydroxylation is 1. The summed E-state index contributed by atoms with van der Waals surface area (Å²) >= 11 is 0. The summed E-state index contributed by atoms with van der Waals surface area (Å²) < 4.78 is 18.8. The molecule has 3 aromatic rings. The minimum atomic E-state index is -0.250. The van der Waals surface area contributed by atoms with E-state index < -0.39 is 0 Å². The second kappa shape index (κ2) is 9.39. The van der Waals surface area contributed by atoms with Crippen LogP contribution in [0.4, 0.5) is 10.3 Å². The van der Waals surface area contributed by atoms with Gasteiger partial charge in [-0.1, -0.05) is 12.1 Å². The molecule has 1 aliphatic heterocycles. The van der Waals surface area contributed by atoms with Gasteiger partial charge >= 0.3 is 0 Å². The van der Waals surface area contributed by atoms with Crippen molar-refractivity contribution in [2.45, 2.75) is 38.6 Å². The van der Waals surface area contributed by atoms with Crippen molar-refractivity contribution < 1.29 is 9.13 Å². The Morgan fingerprint density at radius 1 is 1.13 bits per heavy atom. The van der Waals surface area contributed by atoms with Gasteiger partial charge in [0.05, 0.1) is 18.3 Å². The van der Waals surface area contributed by atoms with Crippen molar-refractivity contribution in [1.82, 2.24) is 15.3 Å². The van der Waals surface area contributed by atoms with Gasteiger partial charge in [-0.3, -0.25) is 0 Å². The number of halogens is 1. The van der Waals surface area contributed by atoms with Gasteiger partial charge < -0.3 is 15.0 Å². The minimum absolute atomic E-state index is 0.250. The van der Waals surface area contributed by atoms with Gasteiger partial charge in [0.2, 0.25) is 5.95 Å². The lowest BCUT2D eigenvalue weighted by molar-refractivity contribution is 0.414. The summed E-state index contributed by atoms with van der Waals surface area (Å²) in [4.78, 5) is 11.6. The number of benzene rings is 2. The third-order valence-corrected chi connectivity index (χ3v) is 5.83. The number of aromatic nitrogens is 2. The molecule has 4 rings (SSSR count).